The van der Waals surface area contributed by atoms with Gasteiger partial charge in [0.25, 0.3) is 5.91 Å². The van der Waals surface area contributed by atoms with Crippen molar-refractivity contribution in [2.24, 2.45) is 0 Å². The number of anilines is 1. The van der Waals surface area contributed by atoms with Crippen molar-refractivity contribution in [3.63, 3.8) is 0 Å². The molecule has 0 N–H and O–H groups in total. The molecular weight excluding hydrogens is 420 g/mol. The lowest BCUT2D eigenvalue weighted by Crippen LogP contribution is -2.30. The Balaban J connectivity index is 1.71. The molecular formula is C26H18N2O5. The highest BCUT2D eigenvalue weighted by atomic mass is 16.5. The van der Waals surface area contributed by atoms with Crippen LogP contribution < -0.4 is 15.1 Å². The number of carbonyl (C=O) groups is 1. The van der Waals surface area contributed by atoms with Gasteiger partial charge in [-0.05, 0) is 24.4 Å². The van der Waals surface area contributed by atoms with Gasteiger partial charge in [-0.2, -0.15) is 0 Å². The van der Waals surface area contributed by atoms with E-state index >= 15 is 0 Å². The summed E-state index contributed by atoms with van der Waals surface area (Å²) in [6.45, 7) is 1.74. The summed E-state index contributed by atoms with van der Waals surface area (Å²) in [6, 6.07) is 19.4. The van der Waals surface area contributed by atoms with Crippen LogP contribution in [0.5, 0.6) is 5.75 Å². The molecule has 1 aliphatic heterocycles. The second-order valence-corrected chi connectivity index (χ2v) is 7.95. The lowest BCUT2D eigenvalue weighted by atomic mass is 9.97. The average Bonchev–Trinajstić information content (AvgIpc) is 3.39. The van der Waals surface area contributed by atoms with E-state index in [1.165, 1.54) is 4.90 Å². The smallest absolute Gasteiger partial charge is 0.296 e. The van der Waals surface area contributed by atoms with E-state index < -0.39 is 11.9 Å². The molecule has 6 rings (SSSR count). The second-order valence-electron chi connectivity index (χ2n) is 7.95. The van der Waals surface area contributed by atoms with Crippen LogP contribution in [0.3, 0.4) is 0 Å². The Hall–Kier alpha value is -4.39. The molecule has 7 nitrogen and oxygen atoms in total. The molecule has 0 spiro atoms. The average molecular weight is 438 g/mol. The number of aryl methyl sites for hydroxylation is 1. The van der Waals surface area contributed by atoms with Crippen molar-refractivity contribution in [1.82, 2.24) is 5.16 Å². The molecule has 162 valence electrons. The number of para-hydroxylation sites is 1. The second kappa shape index (κ2) is 7.06. The van der Waals surface area contributed by atoms with Crippen LogP contribution in [0.1, 0.15) is 33.5 Å². The van der Waals surface area contributed by atoms with Gasteiger partial charge in [-0.15, -0.1) is 0 Å². The number of hydrogen-bond acceptors (Lipinski definition) is 6. The molecule has 5 aromatic rings. The standard InChI is InChI=1S/C26H18N2O5/c1-14-13-20(27-33-14)28-22(17-9-5-6-10-19(17)31-2)21-23(29)18-12-11-15-7-3-4-8-16(15)24(18)32-25(21)26(28)30/h3-13,22H,1-2H3/t22-/m0/s1. The predicted octanol–water partition coefficient (Wildman–Crippen LogP) is 5.00. The topological polar surface area (TPSA) is 85.8 Å². The Morgan fingerprint density at radius 2 is 1.76 bits per heavy atom. The summed E-state index contributed by atoms with van der Waals surface area (Å²) in [4.78, 5) is 29.0. The first-order valence-electron chi connectivity index (χ1n) is 10.5. The monoisotopic (exact) mass is 438 g/mol. The number of aromatic nitrogens is 1. The number of fused-ring (bicyclic) bond motifs is 4. The van der Waals surface area contributed by atoms with Crippen molar-refractivity contribution in [2.75, 3.05) is 12.0 Å². The van der Waals surface area contributed by atoms with Gasteiger partial charge in [-0.25, -0.2) is 0 Å². The lowest BCUT2D eigenvalue weighted by molar-refractivity contribution is 0.0969. The molecule has 1 atom stereocenters. The Labute approximate surface area is 187 Å². The van der Waals surface area contributed by atoms with Gasteiger partial charge in [-0.3, -0.25) is 14.5 Å². The maximum atomic E-state index is 13.9. The molecule has 0 saturated heterocycles. The molecule has 0 saturated carbocycles. The number of methoxy groups -OCH3 is 1. The Kier molecular flexibility index (Phi) is 4.13. The zero-order valence-electron chi connectivity index (χ0n) is 17.9. The molecule has 0 fully saturated rings. The first-order chi connectivity index (χ1) is 16.1. The lowest BCUT2D eigenvalue weighted by Gasteiger charge is -2.23. The first kappa shape index (κ1) is 19.3. The Bertz CT molecular complexity index is 1630. The van der Waals surface area contributed by atoms with Crippen LogP contribution in [0.4, 0.5) is 5.82 Å². The third-order valence-electron chi connectivity index (χ3n) is 6.06. The van der Waals surface area contributed by atoms with E-state index in [1.54, 1.807) is 32.2 Å². The number of benzene rings is 3. The van der Waals surface area contributed by atoms with Crippen LogP contribution in [0.2, 0.25) is 0 Å². The van der Waals surface area contributed by atoms with E-state index in [0.29, 0.717) is 33.9 Å². The Morgan fingerprint density at radius 3 is 2.55 bits per heavy atom. The SMILES string of the molecule is COc1ccccc1[C@H]1c2c(oc3c(ccc4ccccc43)c2=O)C(=O)N1c1cc(C)on1. The number of nitrogens with zero attached hydrogens (tertiary/aromatic N) is 2. The van der Waals surface area contributed by atoms with Crippen LogP contribution in [0, 0.1) is 6.92 Å². The molecule has 33 heavy (non-hydrogen) atoms. The number of ether oxygens (including phenoxy) is 1. The summed E-state index contributed by atoms with van der Waals surface area (Å²) >= 11 is 0. The number of hydrogen-bond donors (Lipinski definition) is 0. The number of rotatable bonds is 3. The van der Waals surface area contributed by atoms with Crippen LogP contribution in [0.15, 0.2) is 80.5 Å². The van der Waals surface area contributed by atoms with Gasteiger partial charge in [0.2, 0.25) is 5.76 Å². The van der Waals surface area contributed by atoms with E-state index in [4.69, 9.17) is 13.7 Å². The van der Waals surface area contributed by atoms with Gasteiger partial charge in [-0.1, -0.05) is 53.7 Å². The van der Waals surface area contributed by atoms with Gasteiger partial charge in [0, 0.05) is 17.0 Å². The largest absolute Gasteiger partial charge is 0.496 e. The molecule has 2 aromatic heterocycles. The van der Waals surface area contributed by atoms with Crippen molar-refractivity contribution >= 4 is 33.5 Å². The normalized spacial score (nSPS) is 15.4. The number of amides is 1. The van der Waals surface area contributed by atoms with E-state index in [-0.39, 0.29) is 16.8 Å². The van der Waals surface area contributed by atoms with Crippen LogP contribution in [-0.4, -0.2) is 18.2 Å². The van der Waals surface area contributed by atoms with Crippen LogP contribution in [0.25, 0.3) is 21.7 Å². The molecule has 7 heteroatoms. The summed E-state index contributed by atoms with van der Waals surface area (Å²) in [5.74, 6) is 0.934. The quantitative estimate of drug-likeness (QED) is 0.369. The van der Waals surface area contributed by atoms with Crippen molar-refractivity contribution < 1.29 is 18.5 Å². The summed E-state index contributed by atoms with van der Waals surface area (Å²) in [6.07, 6.45) is 0. The fourth-order valence-corrected chi connectivity index (χ4v) is 4.59. The summed E-state index contributed by atoms with van der Waals surface area (Å²) in [5, 5.41) is 6.16. The zero-order chi connectivity index (χ0) is 22.7. The summed E-state index contributed by atoms with van der Waals surface area (Å²) < 4.78 is 17.0. The van der Waals surface area contributed by atoms with E-state index in [2.05, 4.69) is 5.16 Å². The maximum Gasteiger partial charge on any atom is 0.296 e. The molecule has 3 heterocycles. The van der Waals surface area contributed by atoms with Gasteiger partial charge < -0.3 is 13.7 Å². The summed E-state index contributed by atoms with van der Waals surface area (Å²) in [5.41, 5.74) is 1.04. The van der Waals surface area contributed by atoms with Gasteiger partial charge in [0.05, 0.1) is 18.1 Å². The highest BCUT2D eigenvalue weighted by Gasteiger charge is 2.46. The third kappa shape index (κ3) is 2.72. The van der Waals surface area contributed by atoms with Crippen molar-refractivity contribution in [1.29, 1.82) is 0 Å². The molecule has 1 amide bonds. The van der Waals surface area contributed by atoms with Crippen LogP contribution >= 0.6 is 0 Å². The molecule has 0 unspecified atom stereocenters. The molecule has 0 aliphatic carbocycles. The molecule has 0 radical (unpaired) electrons. The Morgan fingerprint density at radius 1 is 0.970 bits per heavy atom. The van der Waals surface area contributed by atoms with E-state index in [0.717, 1.165) is 10.8 Å². The molecule has 3 aromatic carbocycles. The van der Waals surface area contributed by atoms with Crippen molar-refractivity contribution in [3.05, 3.63) is 99.6 Å². The zero-order valence-corrected chi connectivity index (χ0v) is 17.9. The summed E-state index contributed by atoms with van der Waals surface area (Å²) in [7, 11) is 1.55. The minimum absolute atomic E-state index is 0.000382. The van der Waals surface area contributed by atoms with Crippen molar-refractivity contribution in [3.8, 4) is 5.75 Å². The minimum atomic E-state index is -0.778. The fourth-order valence-electron chi connectivity index (χ4n) is 4.59. The van der Waals surface area contributed by atoms with Crippen molar-refractivity contribution in [2.45, 2.75) is 13.0 Å². The van der Waals surface area contributed by atoms with Gasteiger partial charge >= 0.3 is 0 Å². The van der Waals surface area contributed by atoms with Crippen LogP contribution in [-0.2, 0) is 0 Å². The van der Waals surface area contributed by atoms with E-state index in [9.17, 15) is 9.59 Å². The highest BCUT2D eigenvalue weighted by molar-refractivity contribution is 6.12. The molecule has 1 aliphatic rings. The maximum absolute atomic E-state index is 13.9. The van der Waals surface area contributed by atoms with E-state index in [1.807, 2.05) is 48.5 Å². The fraction of sp³-hybridized carbons (Fsp3) is 0.115. The first-order valence-corrected chi connectivity index (χ1v) is 10.5. The third-order valence-corrected chi connectivity index (χ3v) is 6.06. The molecule has 0 bridgehead atoms. The highest BCUT2D eigenvalue weighted by Crippen LogP contribution is 2.44. The van der Waals surface area contributed by atoms with Gasteiger partial charge in [0.1, 0.15) is 23.1 Å². The predicted molar refractivity (Wildman–Crippen MR) is 123 cm³/mol. The minimum Gasteiger partial charge on any atom is -0.496 e. The van der Waals surface area contributed by atoms with Gasteiger partial charge in [0.15, 0.2) is 11.2 Å². The number of carbonyl (C=O) groups excluding carboxylic acids is 1.